The highest BCUT2D eigenvalue weighted by Crippen LogP contribution is 2.33. The third-order valence-electron chi connectivity index (χ3n) is 7.18. The molecule has 0 aromatic rings. The van der Waals surface area contributed by atoms with Gasteiger partial charge in [-0.15, -0.1) is 0 Å². The van der Waals surface area contributed by atoms with Crippen LogP contribution in [0.3, 0.4) is 0 Å². The fraction of sp³-hybridized carbons (Fsp3) is 0.484. The van der Waals surface area contributed by atoms with Gasteiger partial charge in [0.2, 0.25) is 0 Å². The molecule has 0 fully saturated rings. The average molecular weight is 488 g/mol. The Bertz CT molecular complexity index is 1000. The van der Waals surface area contributed by atoms with Crippen LogP contribution >= 0.6 is 0 Å². The summed E-state index contributed by atoms with van der Waals surface area (Å²) in [5.74, 6) is 1.88. The van der Waals surface area contributed by atoms with E-state index in [0.717, 1.165) is 56.7 Å². The Morgan fingerprint density at radius 1 is 1.11 bits per heavy atom. The Morgan fingerprint density at radius 2 is 1.94 bits per heavy atom. The molecule has 3 aliphatic rings. The summed E-state index contributed by atoms with van der Waals surface area (Å²) in [6.07, 6.45) is 25.4. The van der Waals surface area contributed by atoms with Gasteiger partial charge in [-0.2, -0.15) is 5.10 Å². The van der Waals surface area contributed by atoms with Crippen LogP contribution < -0.4 is 5.73 Å². The molecule has 2 unspecified atom stereocenters. The van der Waals surface area contributed by atoms with Gasteiger partial charge in [0.25, 0.3) is 0 Å². The lowest BCUT2D eigenvalue weighted by Gasteiger charge is -2.26. The van der Waals surface area contributed by atoms with Gasteiger partial charge < -0.3 is 5.73 Å². The van der Waals surface area contributed by atoms with E-state index in [9.17, 15) is 0 Å². The van der Waals surface area contributed by atoms with Crippen LogP contribution in [-0.4, -0.2) is 48.6 Å². The van der Waals surface area contributed by atoms with Crippen LogP contribution in [0.15, 0.2) is 93.4 Å². The maximum absolute atomic E-state index is 5.65. The number of hydrazone groups is 1. The summed E-state index contributed by atoms with van der Waals surface area (Å²) in [5.41, 5.74) is 11.7. The van der Waals surface area contributed by atoms with E-state index in [1.165, 1.54) is 29.7 Å². The van der Waals surface area contributed by atoms with Gasteiger partial charge in [0.05, 0.1) is 6.54 Å². The molecule has 0 aliphatic heterocycles. The molecule has 2 N–H and O–H groups in total. The van der Waals surface area contributed by atoms with Crippen LogP contribution in [-0.2, 0) is 0 Å². The number of nitrogens with zero attached hydrogens (tertiary/aromatic N) is 4. The minimum atomic E-state index is 0.403. The first kappa shape index (κ1) is 27.7. The number of hydrogen-bond donors (Lipinski definition) is 1. The van der Waals surface area contributed by atoms with Gasteiger partial charge in [-0.1, -0.05) is 68.5 Å². The summed E-state index contributed by atoms with van der Waals surface area (Å²) in [4.78, 5) is 6.98. The van der Waals surface area contributed by atoms with Crippen LogP contribution in [0.2, 0.25) is 0 Å². The van der Waals surface area contributed by atoms with Crippen LogP contribution in [0.1, 0.15) is 59.3 Å². The number of rotatable bonds is 12. The van der Waals surface area contributed by atoms with Crippen molar-refractivity contribution >= 4 is 12.6 Å². The van der Waals surface area contributed by atoms with Crippen molar-refractivity contribution in [1.82, 2.24) is 9.91 Å². The molecular formula is C31H45N5. The minimum absolute atomic E-state index is 0.403. The third kappa shape index (κ3) is 8.06. The molecule has 0 radical (unpaired) electrons. The molecule has 3 rings (SSSR count). The van der Waals surface area contributed by atoms with Crippen molar-refractivity contribution in [3.05, 3.63) is 83.3 Å². The molecule has 5 heteroatoms. The van der Waals surface area contributed by atoms with E-state index in [1.54, 1.807) is 0 Å². The average Bonchev–Trinajstić information content (AvgIpc) is 2.89. The number of amidine groups is 1. The van der Waals surface area contributed by atoms with E-state index in [2.05, 4.69) is 90.7 Å². The van der Waals surface area contributed by atoms with Gasteiger partial charge in [0.15, 0.2) is 0 Å². The monoisotopic (exact) mass is 487 g/mol. The van der Waals surface area contributed by atoms with Crippen LogP contribution in [0.25, 0.3) is 0 Å². The number of likely N-dealkylation sites (N-methyl/N-ethyl adjacent to an activating group) is 1. The molecule has 3 aliphatic carbocycles. The normalized spacial score (nSPS) is 22.1. The van der Waals surface area contributed by atoms with Crippen molar-refractivity contribution < 1.29 is 0 Å². The fourth-order valence-electron chi connectivity index (χ4n) is 5.10. The smallest absolute Gasteiger partial charge is 0.122 e. The summed E-state index contributed by atoms with van der Waals surface area (Å²) in [7, 11) is 0. The van der Waals surface area contributed by atoms with Gasteiger partial charge >= 0.3 is 0 Å². The largest absolute Gasteiger partial charge is 0.401 e. The number of hydrogen-bond acceptors (Lipinski definition) is 4. The second kappa shape index (κ2) is 14.0. The SMILES string of the molecule is C=NN(C1=CC=C(CC2C=CC(C3C=CC(CN(CC)CCC)=CC3)=CC2)CC1)/C(C)=N\CC(=C)N. The lowest BCUT2D eigenvalue weighted by molar-refractivity contribution is 0.314. The highest BCUT2D eigenvalue weighted by atomic mass is 15.5. The van der Waals surface area contributed by atoms with Crippen LogP contribution in [0.5, 0.6) is 0 Å². The molecule has 0 heterocycles. The van der Waals surface area contributed by atoms with E-state index in [4.69, 9.17) is 5.73 Å². The van der Waals surface area contributed by atoms with E-state index >= 15 is 0 Å². The Hall–Kier alpha value is -2.92. The molecule has 0 spiro atoms. The maximum Gasteiger partial charge on any atom is 0.122 e. The van der Waals surface area contributed by atoms with E-state index < -0.39 is 0 Å². The second-order valence-electron chi connectivity index (χ2n) is 10.1. The van der Waals surface area contributed by atoms with Gasteiger partial charge in [0.1, 0.15) is 5.84 Å². The molecule has 36 heavy (non-hydrogen) atoms. The van der Waals surface area contributed by atoms with Gasteiger partial charge in [-0.3, -0.25) is 9.89 Å². The third-order valence-corrected chi connectivity index (χ3v) is 7.18. The quantitative estimate of drug-likeness (QED) is 0.193. The first-order valence-corrected chi connectivity index (χ1v) is 13.5. The van der Waals surface area contributed by atoms with Gasteiger partial charge in [0, 0.05) is 30.6 Å². The van der Waals surface area contributed by atoms with Crippen molar-refractivity contribution in [2.75, 3.05) is 26.2 Å². The predicted octanol–water partition coefficient (Wildman–Crippen LogP) is 6.53. The zero-order chi connectivity index (χ0) is 25.9. The Balaban J connectivity index is 1.50. The van der Waals surface area contributed by atoms with Crippen molar-refractivity contribution in [3.63, 3.8) is 0 Å². The lowest BCUT2D eigenvalue weighted by atomic mass is 9.82. The first-order valence-electron chi connectivity index (χ1n) is 13.5. The first-order chi connectivity index (χ1) is 17.4. The Labute approximate surface area is 218 Å². The molecule has 2 atom stereocenters. The van der Waals surface area contributed by atoms with Gasteiger partial charge in [-0.05, 0) is 81.7 Å². The molecule has 194 valence electrons. The summed E-state index contributed by atoms with van der Waals surface area (Å²) in [6.45, 7) is 17.6. The number of nitrogens with two attached hydrogens (primary N) is 1. The van der Waals surface area contributed by atoms with Crippen molar-refractivity contribution in [3.8, 4) is 0 Å². The molecule has 5 nitrogen and oxygen atoms in total. The Kier molecular flexibility index (Phi) is 10.7. The number of aliphatic imine (C=N–C) groups is 1. The zero-order valence-corrected chi connectivity index (χ0v) is 22.6. The molecule has 0 saturated carbocycles. The number of allylic oxidation sites excluding steroid dienone is 10. The molecular weight excluding hydrogens is 442 g/mol. The molecule has 0 saturated heterocycles. The van der Waals surface area contributed by atoms with Crippen LogP contribution in [0, 0.1) is 11.8 Å². The van der Waals surface area contributed by atoms with Crippen molar-refractivity contribution in [2.24, 2.45) is 27.7 Å². The zero-order valence-electron chi connectivity index (χ0n) is 22.6. The lowest BCUT2D eigenvalue weighted by Crippen LogP contribution is -2.26. The minimum Gasteiger partial charge on any atom is -0.401 e. The summed E-state index contributed by atoms with van der Waals surface area (Å²) in [6, 6.07) is 0. The highest BCUT2D eigenvalue weighted by Gasteiger charge is 2.20. The molecule has 0 bridgehead atoms. The maximum atomic E-state index is 5.65. The molecule has 0 aromatic heterocycles. The summed E-state index contributed by atoms with van der Waals surface area (Å²) < 4.78 is 0. The van der Waals surface area contributed by atoms with Crippen LogP contribution in [0.4, 0.5) is 0 Å². The van der Waals surface area contributed by atoms with Crippen molar-refractivity contribution in [2.45, 2.75) is 59.3 Å². The fourth-order valence-corrected chi connectivity index (χ4v) is 5.10. The predicted molar refractivity (Wildman–Crippen MR) is 156 cm³/mol. The van der Waals surface area contributed by atoms with E-state index in [-0.39, 0.29) is 0 Å². The second-order valence-corrected chi connectivity index (χ2v) is 10.1. The molecule has 0 aromatic carbocycles. The van der Waals surface area contributed by atoms with E-state index in [1.807, 2.05) is 11.9 Å². The topological polar surface area (TPSA) is 57.2 Å². The van der Waals surface area contributed by atoms with Gasteiger partial charge in [-0.25, -0.2) is 5.01 Å². The summed E-state index contributed by atoms with van der Waals surface area (Å²) in [5, 5.41) is 5.98. The summed E-state index contributed by atoms with van der Waals surface area (Å²) >= 11 is 0. The Morgan fingerprint density at radius 3 is 2.50 bits per heavy atom. The highest BCUT2D eigenvalue weighted by molar-refractivity contribution is 5.81. The molecule has 0 amide bonds. The van der Waals surface area contributed by atoms with E-state index in [0.29, 0.717) is 24.1 Å². The van der Waals surface area contributed by atoms with Crippen molar-refractivity contribution in [1.29, 1.82) is 0 Å². The standard InChI is InChI=1S/C31H45N5/c1-6-20-35(7-2)23-28-10-16-30(17-11-28)29-14-8-26(9-15-29)21-27-12-18-31(19-13-27)36(33-5)25(4)34-22-24(3)32/h8,10-12,14-16,18,26,30H,3,5-7,9,13,17,19-23,32H2,1-2,4H3/b34-25-.